The SMILES string of the molecule is CC(C)c1cc(C(C)C)cc(-n2c3cnccc3c3ccncc32)c1. The van der Waals surface area contributed by atoms with E-state index in [0.717, 1.165) is 11.0 Å². The molecular formula is C22H23N3. The Morgan fingerprint density at radius 2 is 1.20 bits per heavy atom. The first-order chi connectivity index (χ1) is 12.1. The van der Waals surface area contributed by atoms with Crippen LogP contribution in [0.25, 0.3) is 27.5 Å². The molecule has 0 radical (unpaired) electrons. The average molecular weight is 329 g/mol. The van der Waals surface area contributed by atoms with Gasteiger partial charge in [0.25, 0.3) is 0 Å². The quantitative estimate of drug-likeness (QED) is 0.474. The number of nitrogens with zero attached hydrogens (tertiary/aromatic N) is 3. The van der Waals surface area contributed by atoms with Gasteiger partial charge in [0.2, 0.25) is 0 Å². The molecule has 3 nitrogen and oxygen atoms in total. The first-order valence-corrected chi connectivity index (χ1v) is 8.89. The first kappa shape index (κ1) is 15.8. The Kier molecular flexibility index (Phi) is 3.79. The molecule has 3 heterocycles. The highest BCUT2D eigenvalue weighted by molar-refractivity contribution is 6.08. The molecule has 0 saturated carbocycles. The van der Waals surface area contributed by atoms with E-state index in [9.17, 15) is 0 Å². The van der Waals surface area contributed by atoms with Gasteiger partial charge in [0, 0.05) is 28.9 Å². The van der Waals surface area contributed by atoms with Crippen LogP contribution in [0.15, 0.2) is 55.1 Å². The van der Waals surface area contributed by atoms with Gasteiger partial charge in [0.1, 0.15) is 0 Å². The first-order valence-electron chi connectivity index (χ1n) is 8.89. The molecule has 3 aromatic heterocycles. The molecule has 0 aliphatic rings. The fourth-order valence-electron chi connectivity index (χ4n) is 3.45. The summed E-state index contributed by atoms with van der Waals surface area (Å²) in [5.41, 5.74) is 6.17. The molecule has 1 aromatic carbocycles. The molecule has 0 saturated heterocycles. The van der Waals surface area contributed by atoms with Crippen LogP contribution >= 0.6 is 0 Å². The molecule has 0 fully saturated rings. The molecule has 4 aromatic rings. The molecule has 0 amide bonds. The van der Waals surface area contributed by atoms with E-state index < -0.39 is 0 Å². The summed E-state index contributed by atoms with van der Waals surface area (Å²) in [6.07, 6.45) is 7.62. The van der Waals surface area contributed by atoms with E-state index in [1.165, 1.54) is 27.6 Å². The molecule has 0 aliphatic carbocycles. The number of rotatable bonds is 3. The maximum absolute atomic E-state index is 4.37. The second-order valence-corrected chi connectivity index (χ2v) is 7.29. The van der Waals surface area contributed by atoms with E-state index >= 15 is 0 Å². The van der Waals surface area contributed by atoms with Crippen LogP contribution in [0.3, 0.4) is 0 Å². The molecule has 126 valence electrons. The molecule has 3 heteroatoms. The summed E-state index contributed by atoms with van der Waals surface area (Å²) < 4.78 is 2.29. The lowest BCUT2D eigenvalue weighted by Crippen LogP contribution is -2.00. The Bertz CT molecular complexity index is 978. The smallest absolute Gasteiger partial charge is 0.0725 e. The van der Waals surface area contributed by atoms with Crippen LogP contribution in [0, 0.1) is 0 Å². The van der Waals surface area contributed by atoms with Crippen LogP contribution in [0.1, 0.15) is 50.7 Å². The van der Waals surface area contributed by atoms with Crippen molar-refractivity contribution in [2.75, 3.05) is 0 Å². The van der Waals surface area contributed by atoms with Crippen LogP contribution in [-0.2, 0) is 0 Å². The van der Waals surface area contributed by atoms with Crippen molar-refractivity contribution in [2.24, 2.45) is 0 Å². The molecule has 0 bridgehead atoms. The van der Waals surface area contributed by atoms with Gasteiger partial charge in [0.05, 0.1) is 23.4 Å². The van der Waals surface area contributed by atoms with Gasteiger partial charge in [0.15, 0.2) is 0 Å². The van der Waals surface area contributed by atoms with Crippen LogP contribution < -0.4 is 0 Å². The van der Waals surface area contributed by atoms with Gasteiger partial charge in [-0.05, 0) is 47.2 Å². The summed E-state index contributed by atoms with van der Waals surface area (Å²) in [5.74, 6) is 0.976. The third-order valence-electron chi connectivity index (χ3n) is 4.93. The highest BCUT2D eigenvalue weighted by Gasteiger charge is 2.15. The topological polar surface area (TPSA) is 30.7 Å². The molecule has 0 N–H and O–H groups in total. The van der Waals surface area contributed by atoms with Crippen LogP contribution in [0.4, 0.5) is 0 Å². The number of fused-ring (bicyclic) bond motifs is 3. The van der Waals surface area contributed by atoms with Gasteiger partial charge < -0.3 is 4.57 Å². The molecule has 0 spiro atoms. The molecular weight excluding hydrogens is 306 g/mol. The lowest BCUT2D eigenvalue weighted by Gasteiger charge is -2.16. The third-order valence-corrected chi connectivity index (χ3v) is 4.93. The summed E-state index contributed by atoms with van der Waals surface area (Å²) >= 11 is 0. The lowest BCUT2D eigenvalue weighted by molar-refractivity contribution is 0.830. The Morgan fingerprint density at radius 1 is 0.720 bits per heavy atom. The Balaban J connectivity index is 2.10. The number of benzene rings is 1. The van der Waals surface area contributed by atoms with Crippen molar-refractivity contribution >= 4 is 21.8 Å². The summed E-state index contributed by atoms with van der Waals surface area (Å²) in [6.45, 7) is 8.99. The average Bonchev–Trinajstić information content (AvgIpc) is 2.96. The second kappa shape index (κ2) is 5.99. The number of pyridine rings is 2. The standard InChI is InChI=1S/C22H23N3/c1-14(2)16-9-17(15(3)4)11-18(10-16)25-21-12-23-7-5-19(21)20-6-8-24-13-22(20)25/h5-15H,1-4H3. The zero-order valence-corrected chi connectivity index (χ0v) is 15.2. The van der Waals surface area contributed by atoms with Crippen molar-refractivity contribution in [3.8, 4) is 5.69 Å². The zero-order chi connectivity index (χ0) is 17.6. The molecule has 4 rings (SSSR count). The maximum atomic E-state index is 4.37. The summed E-state index contributed by atoms with van der Waals surface area (Å²) in [6, 6.07) is 11.1. The van der Waals surface area contributed by atoms with Gasteiger partial charge in [-0.3, -0.25) is 9.97 Å². The van der Waals surface area contributed by atoms with Crippen molar-refractivity contribution in [2.45, 2.75) is 39.5 Å². The number of hydrogen-bond acceptors (Lipinski definition) is 2. The maximum Gasteiger partial charge on any atom is 0.0725 e. The monoisotopic (exact) mass is 329 g/mol. The number of hydrogen-bond donors (Lipinski definition) is 0. The summed E-state index contributed by atoms with van der Waals surface area (Å²) in [4.78, 5) is 8.74. The summed E-state index contributed by atoms with van der Waals surface area (Å²) in [7, 11) is 0. The van der Waals surface area contributed by atoms with Crippen molar-refractivity contribution < 1.29 is 0 Å². The van der Waals surface area contributed by atoms with Crippen molar-refractivity contribution in [1.29, 1.82) is 0 Å². The largest absolute Gasteiger partial charge is 0.306 e. The zero-order valence-electron chi connectivity index (χ0n) is 15.2. The third kappa shape index (κ3) is 2.60. The van der Waals surface area contributed by atoms with E-state index in [1.807, 2.05) is 24.8 Å². The normalized spacial score (nSPS) is 11.9. The minimum atomic E-state index is 0.488. The molecule has 0 aliphatic heterocycles. The van der Waals surface area contributed by atoms with Crippen LogP contribution in [-0.4, -0.2) is 14.5 Å². The van der Waals surface area contributed by atoms with E-state index in [4.69, 9.17) is 0 Å². The van der Waals surface area contributed by atoms with E-state index in [0.29, 0.717) is 11.8 Å². The van der Waals surface area contributed by atoms with Gasteiger partial charge in [-0.15, -0.1) is 0 Å². The number of aromatic nitrogens is 3. The second-order valence-electron chi connectivity index (χ2n) is 7.29. The van der Waals surface area contributed by atoms with Gasteiger partial charge in [-0.25, -0.2) is 0 Å². The van der Waals surface area contributed by atoms with Crippen LogP contribution in [0.2, 0.25) is 0 Å². The van der Waals surface area contributed by atoms with Crippen molar-refractivity contribution in [1.82, 2.24) is 14.5 Å². The lowest BCUT2D eigenvalue weighted by atomic mass is 9.95. The minimum Gasteiger partial charge on any atom is -0.306 e. The molecule has 25 heavy (non-hydrogen) atoms. The fourth-order valence-corrected chi connectivity index (χ4v) is 3.45. The van der Waals surface area contributed by atoms with Crippen LogP contribution in [0.5, 0.6) is 0 Å². The van der Waals surface area contributed by atoms with E-state index in [1.54, 1.807) is 0 Å². The molecule has 0 atom stereocenters. The Hall–Kier alpha value is -2.68. The van der Waals surface area contributed by atoms with Crippen molar-refractivity contribution in [3.63, 3.8) is 0 Å². The predicted molar refractivity (Wildman–Crippen MR) is 105 cm³/mol. The van der Waals surface area contributed by atoms with E-state index in [-0.39, 0.29) is 0 Å². The fraction of sp³-hybridized carbons (Fsp3) is 0.273. The molecule has 0 unspecified atom stereocenters. The van der Waals surface area contributed by atoms with Gasteiger partial charge >= 0.3 is 0 Å². The Morgan fingerprint density at radius 3 is 1.64 bits per heavy atom. The van der Waals surface area contributed by atoms with Crippen molar-refractivity contribution in [3.05, 3.63) is 66.2 Å². The highest BCUT2D eigenvalue weighted by atomic mass is 15.0. The minimum absolute atomic E-state index is 0.488. The van der Waals surface area contributed by atoms with Gasteiger partial charge in [-0.2, -0.15) is 0 Å². The summed E-state index contributed by atoms with van der Waals surface area (Å²) in [5, 5.41) is 2.43. The Labute approximate surface area is 148 Å². The predicted octanol–water partition coefficient (Wildman–Crippen LogP) is 5.82. The van der Waals surface area contributed by atoms with Gasteiger partial charge in [-0.1, -0.05) is 33.8 Å². The highest BCUT2D eigenvalue weighted by Crippen LogP contribution is 2.33. The van der Waals surface area contributed by atoms with E-state index in [2.05, 4.69) is 72.6 Å².